The SMILES string of the molecule is [2H]NC(=O)OCC1c2cc(CCCC(=O)NCCOCCCOC)ccc2-c2c(C(=O)NCCOCCCOC)cccc21. The molecule has 0 saturated carbocycles. The Kier molecular flexibility index (Phi) is 14.2. The van der Waals surface area contributed by atoms with E-state index in [1.165, 1.54) is 0 Å². The Morgan fingerprint density at radius 3 is 2.28 bits per heavy atom. The fourth-order valence-corrected chi connectivity index (χ4v) is 5.09. The minimum absolute atomic E-state index is 0.0184. The summed E-state index contributed by atoms with van der Waals surface area (Å²) in [6.07, 6.45) is 2.49. The van der Waals surface area contributed by atoms with Crippen LogP contribution in [0.25, 0.3) is 11.1 Å². The van der Waals surface area contributed by atoms with Crippen molar-refractivity contribution in [1.82, 2.24) is 10.6 Å². The van der Waals surface area contributed by atoms with Crippen LogP contribution in [0.15, 0.2) is 36.4 Å². The normalized spacial score (nSPS) is 13.5. The van der Waals surface area contributed by atoms with Gasteiger partial charge in [-0.25, -0.2) is 4.79 Å². The largest absolute Gasteiger partial charge is 0.449 e. The molecule has 3 rings (SSSR count). The third-order valence-corrected chi connectivity index (χ3v) is 7.10. The van der Waals surface area contributed by atoms with Crippen molar-refractivity contribution in [3.8, 4) is 11.1 Å². The number of carbonyl (C=O) groups excluding carboxylic acids is 3. The van der Waals surface area contributed by atoms with Gasteiger partial charge in [0.25, 0.3) is 5.91 Å². The number of methoxy groups -OCH3 is 2. The van der Waals surface area contributed by atoms with Crippen LogP contribution in [-0.2, 0) is 34.9 Å². The van der Waals surface area contributed by atoms with Gasteiger partial charge in [0.15, 0.2) is 1.41 Å². The summed E-state index contributed by atoms with van der Waals surface area (Å²) in [5, 5.41) is 5.82. The highest BCUT2D eigenvalue weighted by atomic mass is 16.5. The van der Waals surface area contributed by atoms with Crippen LogP contribution in [0.3, 0.4) is 0 Å². The third kappa shape index (κ3) is 10.9. The Bertz CT molecular complexity index is 1210. The summed E-state index contributed by atoms with van der Waals surface area (Å²) in [6, 6.07) is 11.6. The van der Waals surface area contributed by atoms with E-state index < -0.39 is 6.09 Å². The van der Waals surface area contributed by atoms with E-state index in [-0.39, 0.29) is 24.3 Å². The fourth-order valence-electron chi connectivity index (χ4n) is 5.09. The first-order chi connectivity index (χ1) is 21.5. The van der Waals surface area contributed by atoms with Crippen LogP contribution in [0, 0.1) is 0 Å². The van der Waals surface area contributed by atoms with E-state index in [4.69, 9.17) is 25.1 Å². The molecule has 2 aromatic carbocycles. The van der Waals surface area contributed by atoms with E-state index in [9.17, 15) is 14.4 Å². The Labute approximate surface area is 255 Å². The smallest absolute Gasteiger partial charge is 0.404 e. The molecule has 0 heterocycles. The molecule has 1 aliphatic rings. The molecule has 0 aromatic heterocycles. The summed E-state index contributed by atoms with van der Waals surface area (Å²) >= 11 is 0. The molecule has 1 aliphatic carbocycles. The van der Waals surface area contributed by atoms with Crippen molar-refractivity contribution in [2.24, 2.45) is 5.73 Å². The molecule has 1 unspecified atom stereocenters. The van der Waals surface area contributed by atoms with Gasteiger partial charge in [-0.05, 0) is 59.6 Å². The maximum atomic E-state index is 13.2. The third-order valence-electron chi connectivity index (χ3n) is 7.10. The molecule has 0 bridgehead atoms. The van der Waals surface area contributed by atoms with Crippen molar-refractivity contribution in [1.29, 1.82) is 0 Å². The van der Waals surface area contributed by atoms with Crippen molar-refractivity contribution in [2.45, 2.75) is 38.0 Å². The van der Waals surface area contributed by atoms with Gasteiger partial charge >= 0.3 is 6.09 Å². The number of benzene rings is 2. The Balaban J connectivity index is 1.63. The average molecular weight is 601 g/mol. The minimum Gasteiger partial charge on any atom is -0.449 e. The van der Waals surface area contributed by atoms with Crippen molar-refractivity contribution in [3.63, 3.8) is 0 Å². The predicted octanol–water partition coefficient (Wildman–Crippen LogP) is 3.17. The van der Waals surface area contributed by atoms with E-state index in [1.54, 1.807) is 26.0 Å². The molecule has 0 spiro atoms. The van der Waals surface area contributed by atoms with Gasteiger partial charge in [-0.2, -0.15) is 0 Å². The number of carbonyl (C=O) groups is 3. The molecule has 0 saturated heterocycles. The second kappa shape index (κ2) is 18.9. The highest BCUT2D eigenvalue weighted by Crippen LogP contribution is 2.47. The number of amides is 3. The van der Waals surface area contributed by atoms with Gasteiger partial charge in [0, 0.05) is 71.6 Å². The van der Waals surface area contributed by atoms with Crippen LogP contribution in [-0.4, -0.2) is 91.5 Å². The molecular weight excluding hydrogens is 554 g/mol. The first kappa shape index (κ1) is 32.4. The number of rotatable bonds is 21. The van der Waals surface area contributed by atoms with Crippen LogP contribution in [0.1, 0.15) is 58.6 Å². The van der Waals surface area contributed by atoms with Crippen molar-refractivity contribution in [3.05, 3.63) is 58.7 Å². The molecule has 1 atom stereocenters. The summed E-state index contributed by atoms with van der Waals surface area (Å²) in [7, 11) is 3.30. The van der Waals surface area contributed by atoms with E-state index >= 15 is 0 Å². The molecule has 236 valence electrons. The molecule has 4 N–H and O–H groups in total. The molecular formula is C32H45N3O8. The molecule has 0 radical (unpaired) electrons. The zero-order valence-corrected chi connectivity index (χ0v) is 25.2. The summed E-state index contributed by atoms with van der Waals surface area (Å²) in [5.41, 5.74) is 6.83. The molecule has 43 heavy (non-hydrogen) atoms. The van der Waals surface area contributed by atoms with Gasteiger partial charge in [0.1, 0.15) is 6.61 Å². The van der Waals surface area contributed by atoms with Crippen LogP contribution in [0.4, 0.5) is 4.79 Å². The summed E-state index contributed by atoms with van der Waals surface area (Å²) in [4.78, 5) is 37.3. The van der Waals surface area contributed by atoms with Crippen molar-refractivity contribution >= 4 is 17.9 Å². The Morgan fingerprint density at radius 1 is 0.860 bits per heavy atom. The highest BCUT2D eigenvalue weighted by Gasteiger charge is 2.33. The highest BCUT2D eigenvalue weighted by molar-refractivity contribution is 6.03. The maximum Gasteiger partial charge on any atom is 0.404 e. The molecule has 11 nitrogen and oxygen atoms in total. The fraction of sp³-hybridized carbons (Fsp3) is 0.531. The van der Waals surface area contributed by atoms with Crippen molar-refractivity contribution in [2.75, 3.05) is 73.6 Å². The lowest BCUT2D eigenvalue weighted by Gasteiger charge is -2.14. The lowest BCUT2D eigenvalue weighted by Crippen LogP contribution is -2.28. The average Bonchev–Trinajstić information content (AvgIpc) is 3.35. The lowest BCUT2D eigenvalue weighted by atomic mass is 9.95. The maximum absolute atomic E-state index is 13.2. The molecule has 3 amide bonds. The van der Waals surface area contributed by atoms with E-state index in [0.717, 1.165) is 40.7 Å². The Hall–Kier alpha value is -3.51. The number of hydrogen-bond donors (Lipinski definition) is 3. The number of primary amides is 1. The monoisotopic (exact) mass is 600 g/mol. The standard InChI is InChI=1S/C32H45N3O8/c1-39-15-5-17-41-19-13-34-29(36)10-3-7-23-11-12-25-27(21-23)28(22-43-32(33)38)24-8-4-9-26(30(24)25)31(37)35-14-20-42-18-6-16-40-2/h4,8-9,11-12,21,28H,3,5-7,10,13-20,22H2,1-2H3,(H2,33,38)(H,34,36)(H,35,37)/i/hD. The summed E-state index contributed by atoms with van der Waals surface area (Å²) < 4.78 is 33.4. The molecule has 2 aromatic rings. The van der Waals surface area contributed by atoms with Crippen molar-refractivity contribution < 1.29 is 39.5 Å². The number of nitrogens with two attached hydrogens (primary N) is 1. The lowest BCUT2D eigenvalue weighted by molar-refractivity contribution is -0.121. The molecule has 0 aliphatic heterocycles. The molecule has 0 fully saturated rings. The number of fused-ring (bicyclic) bond motifs is 3. The van der Waals surface area contributed by atoms with Gasteiger partial charge in [-0.3, -0.25) is 9.59 Å². The zero-order valence-electron chi connectivity index (χ0n) is 26.2. The van der Waals surface area contributed by atoms with E-state index in [0.29, 0.717) is 77.6 Å². The quantitative estimate of drug-likeness (QED) is 0.185. The van der Waals surface area contributed by atoms with E-state index in [1.807, 2.05) is 24.3 Å². The first-order valence-corrected chi connectivity index (χ1v) is 14.8. The first-order valence-electron chi connectivity index (χ1n) is 15.3. The predicted molar refractivity (Wildman–Crippen MR) is 162 cm³/mol. The Morgan fingerprint density at radius 2 is 1.58 bits per heavy atom. The number of nitrogens with one attached hydrogen (secondary N) is 2. The van der Waals surface area contributed by atoms with Crippen LogP contribution < -0.4 is 16.4 Å². The second-order valence-corrected chi connectivity index (χ2v) is 10.2. The van der Waals surface area contributed by atoms with Gasteiger partial charge in [0.05, 0.1) is 13.2 Å². The summed E-state index contributed by atoms with van der Waals surface area (Å²) in [6.45, 7) is 4.14. The zero-order chi connectivity index (χ0) is 31.6. The minimum atomic E-state index is -0.845. The van der Waals surface area contributed by atoms with Crippen LogP contribution >= 0.6 is 0 Å². The van der Waals surface area contributed by atoms with Crippen LogP contribution in [0.2, 0.25) is 1.41 Å². The van der Waals surface area contributed by atoms with Gasteiger partial charge < -0.3 is 40.0 Å². The number of ether oxygens (including phenoxy) is 5. The topological polar surface area (TPSA) is 147 Å². The van der Waals surface area contributed by atoms with Gasteiger partial charge in [-0.15, -0.1) is 0 Å². The van der Waals surface area contributed by atoms with E-state index in [2.05, 4.69) is 16.7 Å². The van der Waals surface area contributed by atoms with Crippen LogP contribution in [0.5, 0.6) is 0 Å². The number of aryl methyl sites for hydroxylation is 1. The second-order valence-electron chi connectivity index (χ2n) is 10.2. The van der Waals surface area contributed by atoms with Gasteiger partial charge in [0.2, 0.25) is 5.91 Å². The molecule has 11 heteroatoms. The van der Waals surface area contributed by atoms with Gasteiger partial charge in [-0.1, -0.05) is 30.3 Å². The summed E-state index contributed by atoms with van der Waals surface area (Å²) in [5.74, 6) is -0.543. The number of hydrogen-bond acceptors (Lipinski definition) is 8.